The van der Waals surface area contributed by atoms with E-state index in [0.717, 1.165) is 21.6 Å². The van der Waals surface area contributed by atoms with Crippen molar-refractivity contribution in [1.82, 2.24) is 9.78 Å². The highest BCUT2D eigenvalue weighted by atomic mass is 35.5. The third-order valence-electron chi connectivity index (χ3n) is 4.73. The van der Waals surface area contributed by atoms with Crippen LogP contribution in [0.1, 0.15) is 23.0 Å². The molecule has 0 atom stereocenters. The van der Waals surface area contributed by atoms with Crippen LogP contribution in [-0.2, 0) is 16.0 Å². The first-order valence-electron chi connectivity index (χ1n) is 9.90. The van der Waals surface area contributed by atoms with Crippen LogP contribution in [0.4, 0.5) is 9.39 Å². The van der Waals surface area contributed by atoms with Gasteiger partial charge in [-0.25, -0.2) is 9.18 Å². The lowest BCUT2D eigenvalue weighted by molar-refractivity contribution is -0.115. The molecule has 2 aromatic carbocycles. The second-order valence-electron chi connectivity index (χ2n) is 6.94. The molecular formula is C23H17ClFN3O4S. The Morgan fingerprint density at radius 2 is 1.91 bits per heavy atom. The van der Waals surface area contributed by atoms with Crippen LogP contribution in [0.5, 0.6) is 0 Å². The Morgan fingerprint density at radius 3 is 2.61 bits per heavy atom. The van der Waals surface area contributed by atoms with Crippen LogP contribution in [0, 0.1) is 5.82 Å². The average molecular weight is 486 g/mol. The summed E-state index contributed by atoms with van der Waals surface area (Å²) >= 11 is 6.95. The lowest BCUT2D eigenvalue weighted by atomic mass is 10.1. The van der Waals surface area contributed by atoms with E-state index in [2.05, 4.69) is 10.4 Å². The predicted molar refractivity (Wildman–Crippen MR) is 125 cm³/mol. The number of benzene rings is 2. The van der Waals surface area contributed by atoms with Crippen molar-refractivity contribution >= 4 is 50.6 Å². The Labute approximate surface area is 196 Å². The summed E-state index contributed by atoms with van der Waals surface area (Å²) in [6, 6.07) is 12.4. The summed E-state index contributed by atoms with van der Waals surface area (Å²) in [4.78, 5) is 38.5. The number of aromatic nitrogens is 2. The molecule has 0 spiro atoms. The minimum absolute atomic E-state index is 0.0470. The topological polar surface area (TPSA) is 90.3 Å². The number of rotatable bonds is 6. The van der Waals surface area contributed by atoms with Crippen molar-refractivity contribution in [3.8, 4) is 5.69 Å². The molecule has 0 aliphatic heterocycles. The van der Waals surface area contributed by atoms with E-state index in [4.69, 9.17) is 16.3 Å². The highest BCUT2D eigenvalue weighted by Crippen LogP contribution is 2.31. The normalized spacial score (nSPS) is 10.9. The summed E-state index contributed by atoms with van der Waals surface area (Å²) in [6.45, 7) is 1.73. The van der Waals surface area contributed by atoms with Gasteiger partial charge < -0.3 is 10.1 Å². The fourth-order valence-electron chi connectivity index (χ4n) is 3.24. The van der Waals surface area contributed by atoms with E-state index < -0.39 is 17.3 Å². The summed E-state index contributed by atoms with van der Waals surface area (Å²) in [5.41, 5.74) is -0.217. The number of carbonyl (C=O) groups excluding carboxylic acids is 2. The first kappa shape index (κ1) is 22.6. The Bertz CT molecular complexity index is 1420. The maximum Gasteiger partial charge on any atom is 0.359 e. The lowest BCUT2D eigenvalue weighted by Crippen LogP contribution is -2.26. The summed E-state index contributed by atoms with van der Waals surface area (Å²) in [5.74, 6) is -1.82. The molecule has 168 valence electrons. The number of amides is 1. The van der Waals surface area contributed by atoms with E-state index in [9.17, 15) is 18.8 Å². The van der Waals surface area contributed by atoms with Gasteiger partial charge in [0.25, 0.3) is 5.56 Å². The number of carbonyl (C=O) groups is 2. The molecule has 0 aliphatic rings. The zero-order valence-electron chi connectivity index (χ0n) is 17.3. The van der Waals surface area contributed by atoms with E-state index in [-0.39, 0.29) is 46.1 Å². The van der Waals surface area contributed by atoms with Gasteiger partial charge in [0.15, 0.2) is 5.69 Å². The van der Waals surface area contributed by atoms with Gasteiger partial charge in [-0.3, -0.25) is 9.59 Å². The van der Waals surface area contributed by atoms with Crippen LogP contribution in [0.2, 0.25) is 5.02 Å². The highest BCUT2D eigenvalue weighted by Gasteiger charge is 2.24. The number of anilines is 1. The first-order chi connectivity index (χ1) is 15.9. The molecule has 0 aliphatic carbocycles. The summed E-state index contributed by atoms with van der Waals surface area (Å²) in [6.07, 6.45) is 0.0495. The monoisotopic (exact) mass is 485 g/mol. The van der Waals surface area contributed by atoms with Crippen LogP contribution >= 0.6 is 22.9 Å². The number of ether oxygens (including phenoxy) is 1. The largest absolute Gasteiger partial charge is 0.461 e. The Hall–Kier alpha value is -3.56. The van der Waals surface area contributed by atoms with Crippen molar-refractivity contribution < 1.29 is 18.7 Å². The third-order valence-corrected chi connectivity index (χ3v) is 5.88. The molecule has 7 nitrogen and oxygen atoms in total. The predicted octanol–water partition coefficient (Wildman–Crippen LogP) is 4.60. The highest BCUT2D eigenvalue weighted by molar-refractivity contribution is 7.16. The van der Waals surface area contributed by atoms with Crippen LogP contribution in [0.25, 0.3) is 16.5 Å². The van der Waals surface area contributed by atoms with Crippen molar-refractivity contribution in [3.63, 3.8) is 0 Å². The van der Waals surface area contributed by atoms with E-state index in [1.165, 1.54) is 18.2 Å². The molecule has 10 heteroatoms. The molecule has 2 heterocycles. The molecule has 0 fully saturated rings. The number of para-hydroxylation sites is 1. The van der Waals surface area contributed by atoms with E-state index >= 15 is 0 Å². The molecule has 0 radical (unpaired) electrons. The number of thiophene rings is 1. The van der Waals surface area contributed by atoms with Crippen LogP contribution in [-0.4, -0.2) is 28.3 Å². The van der Waals surface area contributed by atoms with Gasteiger partial charge in [-0.2, -0.15) is 9.78 Å². The molecule has 4 aromatic rings. The number of hydrogen-bond acceptors (Lipinski definition) is 6. The van der Waals surface area contributed by atoms with Crippen molar-refractivity contribution in [2.24, 2.45) is 0 Å². The fourth-order valence-corrected chi connectivity index (χ4v) is 4.32. The van der Waals surface area contributed by atoms with Crippen LogP contribution in [0.15, 0.2) is 58.7 Å². The molecule has 1 amide bonds. The minimum Gasteiger partial charge on any atom is -0.461 e. The number of fused-ring (bicyclic) bond motifs is 1. The van der Waals surface area contributed by atoms with E-state index in [0.29, 0.717) is 5.02 Å². The minimum atomic E-state index is -0.760. The van der Waals surface area contributed by atoms with Crippen LogP contribution < -0.4 is 10.9 Å². The molecule has 1 N–H and O–H groups in total. The molecular weight excluding hydrogens is 469 g/mol. The molecule has 2 aromatic heterocycles. The van der Waals surface area contributed by atoms with Gasteiger partial charge in [0, 0.05) is 15.8 Å². The van der Waals surface area contributed by atoms with Crippen LogP contribution in [0.3, 0.4) is 0 Å². The molecule has 33 heavy (non-hydrogen) atoms. The fraction of sp³-hybridized carbons (Fsp3) is 0.130. The molecule has 0 saturated heterocycles. The van der Waals surface area contributed by atoms with Crippen molar-refractivity contribution in [2.45, 2.75) is 13.3 Å². The van der Waals surface area contributed by atoms with Gasteiger partial charge in [-0.05, 0) is 36.8 Å². The Kier molecular flexibility index (Phi) is 6.52. The Morgan fingerprint density at radius 1 is 1.18 bits per heavy atom. The number of esters is 1. The lowest BCUT2D eigenvalue weighted by Gasteiger charge is -2.10. The summed E-state index contributed by atoms with van der Waals surface area (Å²) in [5, 5.41) is 9.40. The number of nitrogens with one attached hydrogen (secondary N) is 1. The molecule has 4 rings (SSSR count). The second-order valence-corrected chi connectivity index (χ2v) is 8.26. The molecule has 0 unspecified atom stereocenters. The number of hydrogen-bond donors (Lipinski definition) is 1. The average Bonchev–Trinajstić information content (AvgIpc) is 3.20. The standard InChI is InChI=1S/C23H17ClFN3O4S/c1-2-32-23(31)20-15-12-33-21(26-18(29)11-13-7-9-14(24)10-8-13)19(15)22(30)28(27-20)17-6-4-3-5-16(17)25/h3-10,12H,2,11H2,1H3,(H,26,29). The van der Waals surface area contributed by atoms with Gasteiger partial charge in [0.2, 0.25) is 5.91 Å². The molecule has 0 saturated carbocycles. The first-order valence-corrected chi connectivity index (χ1v) is 11.2. The van der Waals surface area contributed by atoms with Crippen molar-refractivity contribution in [2.75, 3.05) is 11.9 Å². The summed E-state index contributed by atoms with van der Waals surface area (Å²) in [7, 11) is 0. The van der Waals surface area contributed by atoms with Gasteiger partial charge in [0.05, 0.1) is 18.4 Å². The number of halogens is 2. The zero-order chi connectivity index (χ0) is 23.5. The smallest absolute Gasteiger partial charge is 0.359 e. The SMILES string of the molecule is CCOC(=O)c1nn(-c2ccccc2F)c(=O)c2c(NC(=O)Cc3ccc(Cl)cc3)scc12. The Balaban J connectivity index is 1.80. The van der Waals surface area contributed by atoms with E-state index in [1.807, 2.05) is 0 Å². The number of nitrogens with zero attached hydrogens (tertiary/aromatic N) is 2. The van der Waals surface area contributed by atoms with Gasteiger partial charge in [-0.15, -0.1) is 11.3 Å². The maximum absolute atomic E-state index is 14.5. The quantitative estimate of drug-likeness (QED) is 0.403. The van der Waals surface area contributed by atoms with Gasteiger partial charge in [-0.1, -0.05) is 35.9 Å². The summed E-state index contributed by atoms with van der Waals surface area (Å²) < 4.78 is 20.3. The van der Waals surface area contributed by atoms with Crippen molar-refractivity contribution in [1.29, 1.82) is 0 Å². The zero-order valence-corrected chi connectivity index (χ0v) is 18.9. The van der Waals surface area contributed by atoms with Gasteiger partial charge >= 0.3 is 5.97 Å². The molecule has 0 bridgehead atoms. The maximum atomic E-state index is 14.5. The van der Waals surface area contributed by atoms with Gasteiger partial charge in [0.1, 0.15) is 16.5 Å². The van der Waals surface area contributed by atoms with E-state index in [1.54, 1.807) is 42.6 Å². The second kappa shape index (κ2) is 9.51. The van der Waals surface area contributed by atoms with Crippen molar-refractivity contribution in [3.05, 3.63) is 86.4 Å². The third kappa shape index (κ3) is 4.64.